The first kappa shape index (κ1) is 12.5. The molecule has 0 saturated heterocycles. The van der Waals surface area contributed by atoms with Gasteiger partial charge in [-0.2, -0.15) is 0 Å². The van der Waals surface area contributed by atoms with Gasteiger partial charge in [0.1, 0.15) is 5.75 Å². The van der Waals surface area contributed by atoms with Gasteiger partial charge in [0.25, 0.3) is 0 Å². The molecule has 0 fully saturated rings. The number of nitrogens with zero attached hydrogens (tertiary/aromatic N) is 1. The fourth-order valence-electron chi connectivity index (χ4n) is 1.27. The zero-order valence-corrected chi connectivity index (χ0v) is 10.5. The van der Waals surface area contributed by atoms with E-state index in [2.05, 4.69) is 20.9 Å². The number of aromatic carboxylic acids is 1. The SMILES string of the molecule is O=C(O)c1cncc(Oc2cc(Br)ccc2F)c1. The van der Waals surface area contributed by atoms with Gasteiger partial charge in [-0.1, -0.05) is 15.9 Å². The zero-order chi connectivity index (χ0) is 13.1. The van der Waals surface area contributed by atoms with Crippen molar-refractivity contribution in [2.45, 2.75) is 0 Å². The van der Waals surface area contributed by atoms with Crippen molar-refractivity contribution in [3.8, 4) is 11.5 Å². The van der Waals surface area contributed by atoms with Gasteiger partial charge in [0.2, 0.25) is 0 Å². The Hall–Kier alpha value is -1.95. The third-order valence-corrected chi connectivity index (χ3v) is 2.57. The Kier molecular flexibility index (Phi) is 3.57. The third kappa shape index (κ3) is 2.84. The molecule has 0 radical (unpaired) electrons. The van der Waals surface area contributed by atoms with E-state index in [-0.39, 0.29) is 17.1 Å². The van der Waals surface area contributed by atoms with Crippen LogP contribution in [-0.4, -0.2) is 16.1 Å². The van der Waals surface area contributed by atoms with E-state index < -0.39 is 11.8 Å². The lowest BCUT2D eigenvalue weighted by molar-refractivity contribution is 0.0696. The lowest BCUT2D eigenvalue weighted by Gasteiger charge is -2.07. The largest absolute Gasteiger partial charge is 0.478 e. The molecule has 0 saturated carbocycles. The quantitative estimate of drug-likeness (QED) is 0.943. The molecule has 0 bridgehead atoms. The highest BCUT2D eigenvalue weighted by atomic mass is 79.9. The number of ether oxygens (including phenoxy) is 1. The van der Waals surface area contributed by atoms with Crippen LogP contribution < -0.4 is 4.74 Å². The first-order valence-electron chi connectivity index (χ1n) is 4.87. The minimum Gasteiger partial charge on any atom is -0.478 e. The molecule has 0 aliphatic rings. The summed E-state index contributed by atoms with van der Waals surface area (Å²) in [5, 5.41) is 8.80. The molecule has 1 aromatic heterocycles. The van der Waals surface area contributed by atoms with Crippen molar-refractivity contribution in [2.75, 3.05) is 0 Å². The monoisotopic (exact) mass is 311 g/mol. The number of hydrogen-bond acceptors (Lipinski definition) is 3. The van der Waals surface area contributed by atoms with Crippen LogP contribution in [0.2, 0.25) is 0 Å². The van der Waals surface area contributed by atoms with Gasteiger partial charge in [0, 0.05) is 10.7 Å². The molecule has 2 aromatic rings. The minimum atomic E-state index is -1.12. The summed E-state index contributed by atoms with van der Waals surface area (Å²) in [4.78, 5) is 14.5. The van der Waals surface area contributed by atoms with Crippen LogP contribution in [0.5, 0.6) is 11.5 Å². The van der Waals surface area contributed by atoms with E-state index in [1.807, 2.05) is 0 Å². The summed E-state index contributed by atoms with van der Waals surface area (Å²) < 4.78 is 19.3. The smallest absolute Gasteiger partial charge is 0.337 e. The van der Waals surface area contributed by atoms with Crippen LogP contribution in [0.15, 0.2) is 41.1 Å². The van der Waals surface area contributed by atoms with E-state index in [9.17, 15) is 9.18 Å². The summed E-state index contributed by atoms with van der Waals surface area (Å²) in [7, 11) is 0. The number of rotatable bonds is 3. The van der Waals surface area contributed by atoms with Gasteiger partial charge in [-0.3, -0.25) is 4.98 Å². The first-order valence-corrected chi connectivity index (χ1v) is 5.67. The number of carbonyl (C=O) groups is 1. The predicted octanol–water partition coefficient (Wildman–Crippen LogP) is 3.47. The van der Waals surface area contributed by atoms with Gasteiger partial charge in [-0.25, -0.2) is 9.18 Å². The molecular weight excluding hydrogens is 305 g/mol. The summed E-state index contributed by atoms with van der Waals surface area (Å²) in [6.45, 7) is 0. The van der Waals surface area contributed by atoms with Gasteiger partial charge >= 0.3 is 5.97 Å². The molecule has 0 unspecified atom stereocenters. The van der Waals surface area contributed by atoms with Crippen LogP contribution in [0.1, 0.15) is 10.4 Å². The molecule has 1 aromatic carbocycles. The Balaban J connectivity index is 2.31. The van der Waals surface area contributed by atoms with Crippen molar-refractivity contribution in [1.29, 1.82) is 0 Å². The third-order valence-electron chi connectivity index (χ3n) is 2.08. The number of benzene rings is 1. The summed E-state index contributed by atoms with van der Waals surface area (Å²) in [6, 6.07) is 5.50. The van der Waals surface area contributed by atoms with Crippen LogP contribution in [-0.2, 0) is 0 Å². The van der Waals surface area contributed by atoms with Crippen molar-refractivity contribution in [3.05, 3.63) is 52.5 Å². The first-order chi connectivity index (χ1) is 8.56. The van der Waals surface area contributed by atoms with Crippen molar-refractivity contribution in [2.24, 2.45) is 0 Å². The second-order valence-electron chi connectivity index (χ2n) is 3.39. The highest BCUT2D eigenvalue weighted by Crippen LogP contribution is 2.27. The molecule has 4 nitrogen and oxygen atoms in total. The Labute approximate surface area is 110 Å². The van der Waals surface area contributed by atoms with E-state index >= 15 is 0 Å². The molecule has 1 N–H and O–H groups in total. The molecule has 0 amide bonds. The molecule has 0 aliphatic heterocycles. The van der Waals surface area contributed by atoms with E-state index in [4.69, 9.17) is 9.84 Å². The maximum Gasteiger partial charge on any atom is 0.337 e. The molecule has 0 spiro atoms. The Morgan fingerprint density at radius 1 is 1.33 bits per heavy atom. The number of pyridine rings is 1. The van der Waals surface area contributed by atoms with Crippen LogP contribution in [0.4, 0.5) is 4.39 Å². The molecule has 6 heteroatoms. The number of carboxylic acids is 1. The van der Waals surface area contributed by atoms with E-state index in [1.54, 1.807) is 0 Å². The number of aromatic nitrogens is 1. The standard InChI is InChI=1S/C12H7BrFNO3/c13-8-1-2-10(14)11(4-8)18-9-3-7(12(16)17)5-15-6-9/h1-6H,(H,16,17). The summed E-state index contributed by atoms with van der Waals surface area (Å²) >= 11 is 3.19. The zero-order valence-electron chi connectivity index (χ0n) is 8.93. The minimum absolute atomic E-state index is 0.00582. The number of carboxylic acid groups (broad SMARTS) is 1. The normalized spacial score (nSPS) is 10.1. The van der Waals surface area contributed by atoms with Crippen LogP contribution in [0.3, 0.4) is 0 Å². The van der Waals surface area contributed by atoms with Gasteiger partial charge in [-0.15, -0.1) is 0 Å². The van der Waals surface area contributed by atoms with Gasteiger partial charge in [0.15, 0.2) is 11.6 Å². The Morgan fingerprint density at radius 3 is 2.83 bits per heavy atom. The predicted molar refractivity (Wildman–Crippen MR) is 65.4 cm³/mol. The van der Waals surface area contributed by atoms with Gasteiger partial charge in [-0.05, 0) is 24.3 Å². The molecule has 0 atom stereocenters. The summed E-state index contributed by atoms with van der Waals surface area (Å²) in [5.74, 6) is -1.51. The highest BCUT2D eigenvalue weighted by Gasteiger charge is 2.08. The van der Waals surface area contributed by atoms with Gasteiger partial charge in [0.05, 0.1) is 11.8 Å². The highest BCUT2D eigenvalue weighted by molar-refractivity contribution is 9.10. The lowest BCUT2D eigenvalue weighted by Crippen LogP contribution is -1.98. The molecule has 18 heavy (non-hydrogen) atoms. The summed E-state index contributed by atoms with van der Waals surface area (Å²) in [6.07, 6.45) is 2.50. The second kappa shape index (κ2) is 5.14. The van der Waals surface area contributed by atoms with E-state index in [0.29, 0.717) is 4.47 Å². The molecule has 1 heterocycles. The van der Waals surface area contributed by atoms with Crippen molar-refractivity contribution in [1.82, 2.24) is 4.98 Å². The summed E-state index contributed by atoms with van der Waals surface area (Å²) in [5.41, 5.74) is -0.0251. The molecule has 2 rings (SSSR count). The Morgan fingerprint density at radius 2 is 2.11 bits per heavy atom. The number of hydrogen-bond donors (Lipinski definition) is 1. The van der Waals surface area contributed by atoms with Crippen LogP contribution in [0, 0.1) is 5.82 Å². The molecule has 92 valence electrons. The second-order valence-corrected chi connectivity index (χ2v) is 4.31. The topological polar surface area (TPSA) is 59.4 Å². The average Bonchev–Trinajstić information content (AvgIpc) is 2.34. The fraction of sp³-hybridized carbons (Fsp3) is 0. The van der Waals surface area contributed by atoms with Crippen LogP contribution in [0.25, 0.3) is 0 Å². The van der Waals surface area contributed by atoms with Crippen LogP contribution >= 0.6 is 15.9 Å². The maximum absolute atomic E-state index is 13.4. The van der Waals surface area contributed by atoms with Crippen molar-refractivity contribution < 1.29 is 19.0 Å². The maximum atomic E-state index is 13.4. The van der Waals surface area contributed by atoms with E-state index in [1.165, 1.54) is 36.7 Å². The van der Waals surface area contributed by atoms with Crippen molar-refractivity contribution in [3.63, 3.8) is 0 Å². The lowest BCUT2D eigenvalue weighted by atomic mass is 10.3. The molecular formula is C12H7BrFNO3. The Bertz CT molecular complexity index is 604. The molecule has 0 aliphatic carbocycles. The fourth-order valence-corrected chi connectivity index (χ4v) is 1.61. The van der Waals surface area contributed by atoms with Gasteiger partial charge < -0.3 is 9.84 Å². The van der Waals surface area contributed by atoms with E-state index in [0.717, 1.165) is 0 Å². The number of halogens is 2. The van der Waals surface area contributed by atoms with Crippen molar-refractivity contribution >= 4 is 21.9 Å². The average molecular weight is 312 g/mol.